The van der Waals surface area contributed by atoms with Gasteiger partial charge in [0.1, 0.15) is 6.33 Å². The number of benzene rings is 1. The van der Waals surface area contributed by atoms with E-state index in [1.165, 1.54) is 11.1 Å². The number of aromatic nitrogens is 3. The zero-order chi connectivity index (χ0) is 14.3. The minimum Gasteiger partial charge on any atom is -0.308 e. The van der Waals surface area contributed by atoms with E-state index in [9.17, 15) is 0 Å². The van der Waals surface area contributed by atoms with Gasteiger partial charge < -0.3 is 4.57 Å². The fraction of sp³-hybridized carbons (Fsp3) is 0.500. The quantitative estimate of drug-likeness (QED) is 0.773. The van der Waals surface area contributed by atoms with Crippen molar-refractivity contribution in [1.29, 1.82) is 0 Å². The second kappa shape index (κ2) is 4.48. The Bertz CT molecular complexity index is 568. The summed E-state index contributed by atoms with van der Waals surface area (Å²) in [6, 6.07) is 8.46. The van der Waals surface area contributed by atoms with Crippen molar-refractivity contribution in [3.63, 3.8) is 0 Å². The number of hydrogen-bond donors (Lipinski definition) is 0. The van der Waals surface area contributed by atoms with Crippen molar-refractivity contribution in [2.24, 2.45) is 0 Å². The third-order valence-electron chi connectivity index (χ3n) is 3.25. The van der Waals surface area contributed by atoms with E-state index in [-0.39, 0.29) is 11.0 Å². The van der Waals surface area contributed by atoms with Crippen LogP contribution in [0.1, 0.15) is 47.1 Å². The molecule has 0 aliphatic heterocycles. The third-order valence-corrected chi connectivity index (χ3v) is 3.25. The molecule has 102 valence electrons. The molecule has 1 heterocycles. The molecule has 2 aromatic rings. The van der Waals surface area contributed by atoms with E-state index in [0.29, 0.717) is 0 Å². The van der Waals surface area contributed by atoms with Crippen molar-refractivity contribution < 1.29 is 0 Å². The minimum atomic E-state index is -0.0240. The lowest BCUT2D eigenvalue weighted by molar-refractivity contribution is 0.399. The number of nitrogens with zero attached hydrogens (tertiary/aromatic N) is 3. The zero-order valence-electron chi connectivity index (χ0n) is 12.7. The van der Waals surface area contributed by atoms with Crippen LogP contribution in [0.25, 0.3) is 11.4 Å². The van der Waals surface area contributed by atoms with Crippen LogP contribution < -0.4 is 0 Å². The molecule has 0 fully saturated rings. The lowest BCUT2D eigenvalue weighted by atomic mass is 9.83. The summed E-state index contributed by atoms with van der Waals surface area (Å²) in [4.78, 5) is 0. The maximum absolute atomic E-state index is 4.34. The van der Waals surface area contributed by atoms with Gasteiger partial charge in [0, 0.05) is 11.1 Å². The standard InChI is InChI=1S/C16H23N3/c1-15(2,3)13-10-8-7-9-12(13)14-18-17-11-19(14)16(4,5)6/h7-11H,1-6H3. The minimum absolute atomic E-state index is 0.0240. The van der Waals surface area contributed by atoms with E-state index in [4.69, 9.17) is 0 Å². The predicted molar refractivity (Wildman–Crippen MR) is 79.2 cm³/mol. The molecule has 19 heavy (non-hydrogen) atoms. The van der Waals surface area contributed by atoms with Gasteiger partial charge in [-0.15, -0.1) is 10.2 Å². The summed E-state index contributed by atoms with van der Waals surface area (Å²) in [7, 11) is 0. The molecule has 3 heteroatoms. The first-order valence-electron chi connectivity index (χ1n) is 6.71. The Labute approximate surface area is 115 Å². The van der Waals surface area contributed by atoms with Crippen molar-refractivity contribution in [3.8, 4) is 11.4 Å². The van der Waals surface area contributed by atoms with E-state index in [1.807, 2.05) is 6.33 Å². The molecule has 0 spiro atoms. The molecule has 0 aliphatic rings. The highest BCUT2D eigenvalue weighted by Crippen LogP contribution is 2.33. The fourth-order valence-corrected chi connectivity index (χ4v) is 2.24. The molecule has 0 bridgehead atoms. The van der Waals surface area contributed by atoms with Crippen molar-refractivity contribution >= 4 is 0 Å². The first-order valence-corrected chi connectivity index (χ1v) is 6.71. The molecule has 0 radical (unpaired) electrons. The molecule has 0 unspecified atom stereocenters. The summed E-state index contributed by atoms with van der Waals surface area (Å²) in [6.45, 7) is 13.2. The number of hydrogen-bond acceptors (Lipinski definition) is 2. The van der Waals surface area contributed by atoms with Crippen molar-refractivity contribution in [3.05, 3.63) is 36.2 Å². The second-order valence-corrected chi connectivity index (χ2v) is 6.99. The van der Waals surface area contributed by atoms with Crippen LogP contribution in [0.2, 0.25) is 0 Å². The van der Waals surface area contributed by atoms with Gasteiger partial charge in [0.2, 0.25) is 0 Å². The molecule has 0 N–H and O–H groups in total. The first-order chi connectivity index (χ1) is 8.71. The van der Waals surface area contributed by atoms with Crippen LogP contribution in [-0.4, -0.2) is 14.8 Å². The van der Waals surface area contributed by atoms with Gasteiger partial charge in [-0.3, -0.25) is 0 Å². The summed E-state index contributed by atoms with van der Waals surface area (Å²) in [5.41, 5.74) is 2.53. The Morgan fingerprint density at radius 3 is 2.16 bits per heavy atom. The van der Waals surface area contributed by atoms with Crippen molar-refractivity contribution in [2.45, 2.75) is 52.5 Å². The molecule has 3 nitrogen and oxygen atoms in total. The predicted octanol–water partition coefficient (Wildman–Crippen LogP) is 4.00. The molecule has 0 atom stereocenters. The van der Waals surface area contributed by atoms with Crippen LogP contribution in [0.15, 0.2) is 30.6 Å². The summed E-state index contributed by atoms with van der Waals surface area (Å²) < 4.78 is 2.14. The topological polar surface area (TPSA) is 30.7 Å². The largest absolute Gasteiger partial charge is 0.308 e. The highest BCUT2D eigenvalue weighted by atomic mass is 15.3. The van der Waals surface area contributed by atoms with Crippen LogP contribution in [0, 0.1) is 0 Å². The summed E-state index contributed by atoms with van der Waals surface area (Å²) in [6.07, 6.45) is 1.81. The summed E-state index contributed by atoms with van der Waals surface area (Å²) in [5.74, 6) is 0.943. The average Bonchev–Trinajstić information content (AvgIpc) is 2.76. The van der Waals surface area contributed by atoms with Crippen molar-refractivity contribution in [1.82, 2.24) is 14.8 Å². The number of rotatable bonds is 1. The van der Waals surface area contributed by atoms with Crippen LogP contribution in [0.5, 0.6) is 0 Å². The lowest BCUT2D eigenvalue weighted by Gasteiger charge is -2.26. The van der Waals surface area contributed by atoms with Gasteiger partial charge in [-0.05, 0) is 31.7 Å². The SMILES string of the molecule is CC(C)(C)c1ccccc1-c1nncn1C(C)(C)C. The van der Waals surface area contributed by atoms with Crippen LogP contribution in [0.4, 0.5) is 0 Å². The average molecular weight is 257 g/mol. The Hall–Kier alpha value is -1.64. The highest BCUT2D eigenvalue weighted by Gasteiger charge is 2.24. The molecule has 2 rings (SSSR count). The normalized spacial score (nSPS) is 12.7. The summed E-state index contributed by atoms with van der Waals surface area (Å²) in [5, 5.41) is 8.44. The molecule has 0 amide bonds. The van der Waals surface area contributed by atoms with Gasteiger partial charge in [-0.1, -0.05) is 45.0 Å². The smallest absolute Gasteiger partial charge is 0.164 e. The van der Waals surface area contributed by atoms with E-state index in [2.05, 4.69) is 80.6 Å². The first kappa shape index (κ1) is 13.8. The van der Waals surface area contributed by atoms with Crippen LogP contribution in [-0.2, 0) is 11.0 Å². The maximum Gasteiger partial charge on any atom is 0.164 e. The van der Waals surface area contributed by atoms with Crippen LogP contribution >= 0.6 is 0 Å². The van der Waals surface area contributed by atoms with Gasteiger partial charge >= 0.3 is 0 Å². The van der Waals surface area contributed by atoms with Gasteiger partial charge in [0.05, 0.1) is 0 Å². The fourth-order valence-electron chi connectivity index (χ4n) is 2.24. The molecule has 0 saturated heterocycles. The lowest BCUT2D eigenvalue weighted by Crippen LogP contribution is -2.23. The highest BCUT2D eigenvalue weighted by molar-refractivity contribution is 5.62. The van der Waals surface area contributed by atoms with E-state index in [0.717, 1.165) is 5.82 Å². The van der Waals surface area contributed by atoms with Gasteiger partial charge in [0.25, 0.3) is 0 Å². The van der Waals surface area contributed by atoms with E-state index >= 15 is 0 Å². The van der Waals surface area contributed by atoms with E-state index in [1.54, 1.807) is 0 Å². The Morgan fingerprint density at radius 2 is 1.58 bits per heavy atom. The molecule has 1 aromatic carbocycles. The molecule has 0 aliphatic carbocycles. The Balaban J connectivity index is 2.65. The zero-order valence-corrected chi connectivity index (χ0v) is 12.7. The third kappa shape index (κ3) is 2.70. The molecule has 1 aromatic heterocycles. The molecular weight excluding hydrogens is 234 g/mol. The second-order valence-electron chi connectivity index (χ2n) is 6.99. The Morgan fingerprint density at radius 1 is 0.947 bits per heavy atom. The molecule has 0 saturated carbocycles. The van der Waals surface area contributed by atoms with Gasteiger partial charge in [-0.25, -0.2) is 0 Å². The van der Waals surface area contributed by atoms with Gasteiger partial charge in [0.15, 0.2) is 5.82 Å². The van der Waals surface area contributed by atoms with Crippen molar-refractivity contribution in [2.75, 3.05) is 0 Å². The maximum atomic E-state index is 4.34. The molecular formula is C16H23N3. The monoisotopic (exact) mass is 257 g/mol. The van der Waals surface area contributed by atoms with Crippen LogP contribution in [0.3, 0.4) is 0 Å². The van der Waals surface area contributed by atoms with E-state index < -0.39 is 0 Å². The summed E-state index contributed by atoms with van der Waals surface area (Å²) >= 11 is 0. The van der Waals surface area contributed by atoms with Gasteiger partial charge in [-0.2, -0.15) is 0 Å². The Kier molecular flexibility index (Phi) is 3.25.